The van der Waals surface area contributed by atoms with Gasteiger partial charge in [0.05, 0.1) is 6.61 Å². The van der Waals surface area contributed by atoms with Crippen molar-refractivity contribution in [2.75, 3.05) is 6.61 Å². The molecule has 3 rings (SSSR count). The molecule has 0 heterocycles. The Labute approximate surface area is 182 Å². The summed E-state index contributed by atoms with van der Waals surface area (Å²) in [5, 5.41) is 0.532. The predicted molar refractivity (Wildman–Crippen MR) is 118 cm³/mol. The Balaban J connectivity index is 1.98. The van der Waals surface area contributed by atoms with Gasteiger partial charge in [0, 0.05) is 23.7 Å². The van der Waals surface area contributed by atoms with Gasteiger partial charge in [-0.1, -0.05) is 72.3 Å². The highest BCUT2D eigenvalue weighted by molar-refractivity contribution is 6.30. The van der Waals surface area contributed by atoms with Gasteiger partial charge in [0.2, 0.25) is 0 Å². The number of benzene rings is 3. The highest BCUT2D eigenvalue weighted by atomic mass is 35.5. The molecule has 0 amide bonds. The fourth-order valence-corrected chi connectivity index (χ4v) is 3.42. The molecule has 3 aromatic rings. The zero-order chi connectivity index (χ0) is 21.3. The van der Waals surface area contributed by atoms with Crippen LogP contribution in [-0.2, 0) is 22.6 Å². The van der Waals surface area contributed by atoms with Crippen molar-refractivity contribution < 1.29 is 14.3 Å². The third-order valence-electron chi connectivity index (χ3n) is 4.71. The van der Waals surface area contributed by atoms with Crippen molar-refractivity contribution in [2.24, 2.45) is 0 Å². The lowest BCUT2D eigenvalue weighted by Crippen LogP contribution is -2.47. The number of hydrogen-bond acceptors (Lipinski definition) is 4. The van der Waals surface area contributed by atoms with Crippen molar-refractivity contribution in [1.82, 2.24) is 4.90 Å². The monoisotopic (exact) mass is 421 g/mol. The molecule has 154 valence electrons. The maximum Gasteiger partial charge on any atom is 0.331 e. The van der Waals surface area contributed by atoms with Crippen molar-refractivity contribution >= 4 is 23.4 Å². The number of ether oxygens (including phenoxy) is 1. The molecule has 0 bridgehead atoms. The van der Waals surface area contributed by atoms with Crippen LogP contribution in [0.15, 0.2) is 84.9 Å². The van der Waals surface area contributed by atoms with Crippen molar-refractivity contribution in [3.63, 3.8) is 0 Å². The van der Waals surface area contributed by atoms with Crippen molar-refractivity contribution in [3.05, 3.63) is 107 Å². The van der Waals surface area contributed by atoms with Crippen LogP contribution in [0.5, 0.6) is 0 Å². The zero-order valence-electron chi connectivity index (χ0n) is 16.8. The summed E-state index contributed by atoms with van der Waals surface area (Å²) in [6.07, 6.45) is 0. The Hall–Kier alpha value is -2.95. The van der Waals surface area contributed by atoms with E-state index in [2.05, 4.69) is 0 Å². The van der Waals surface area contributed by atoms with Gasteiger partial charge in [0.1, 0.15) is 0 Å². The van der Waals surface area contributed by atoms with Crippen LogP contribution >= 0.6 is 11.6 Å². The number of ketones is 1. The third kappa shape index (κ3) is 5.78. The van der Waals surface area contributed by atoms with Gasteiger partial charge < -0.3 is 4.74 Å². The van der Waals surface area contributed by atoms with Crippen LogP contribution in [0.2, 0.25) is 5.02 Å². The molecular weight excluding hydrogens is 398 g/mol. The summed E-state index contributed by atoms with van der Waals surface area (Å²) in [4.78, 5) is 28.2. The fourth-order valence-electron chi connectivity index (χ4n) is 3.29. The van der Waals surface area contributed by atoms with Gasteiger partial charge >= 0.3 is 5.97 Å². The minimum Gasteiger partial charge on any atom is -0.464 e. The van der Waals surface area contributed by atoms with Crippen molar-refractivity contribution in [3.8, 4) is 0 Å². The van der Waals surface area contributed by atoms with E-state index in [1.165, 1.54) is 0 Å². The van der Waals surface area contributed by atoms with E-state index in [0.717, 1.165) is 11.1 Å². The Morgan fingerprint density at radius 2 is 1.33 bits per heavy atom. The van der Waals surface area contributed by atoms with Gasteiger partial charge in [-0.2, -0.15) is 0 Å². The van der Waals surface area contributed by atoms with Crippen molar-refractivity contribution in [1.29, 1.82) is 0 Å². The van der Waals surface area contributed by atoms with Crippen LogP contribution in [0.3, 0.4) is 0 Å². The highest BCUT2D eigenvalue weighted by Crippen LogP contribution is 2.19. The molecule has 1 atom stereocenters. The second-order valence-corrected chi connectivity index (χ2v) is 7.34. The number of hydrogen-bond donors (Lipinski definition) is 0. The molecule has 1 unspecified atom stereocenters. The van der Waals surface area contributed by atoms with Crippen LogP contribution in [-0.4, -0.2) is 29.3 Å². The summed E-state index contributed by atoms with van der Waals surface area (Å²) in [6, 6.07) is 25.1. The summed E-state index contributed by atoms with van der Waals surface area (Å²) in [5.41, 5.74) is 2.43. The summed E-state index contributed by atoms with van der Waals surface area (Å²) >= 11 is 5.97. The lowest BCUT2D eigenvalue weighted by atomic mass is 10.0. The van der Waals surface area contributed by atoms with E-state index in [1.807, 2.05) is 65.6 Å². The van der Waals surface area contributed by atoms with Gasteiger partial charge in [-0.25, -0.2) is 4.79 Å². The number of esters is 1. The predicted octanol–water partition coefficient (Wildman–Crippen LogP) is 5.16. The SMILES string of the molecule is CCOC(=O)C(C(=O)c1ccc(Cl)cc1)N(Cc1ccccc1)Cc1ccccc1. The highest BCUT2D eigenvalue weighted by Gasteiger charge is 2.35. The molecule has 0 aliphatic rings. The topological polar surface area (TPSA) is 46.6 Å². The first-order chi connectivity index (χ1) is 14.6. The van der Waals surface area contributed by atoms with Gasteiger partial charge in [-0.15, -0.1) is 0 Å². The van der Waals surface area contributed by atoms with E-state index in [4.69, 9.17) is 16.3 Å². The molecule has 5 heteroatoms. The molecule has 0 aliphatic heterocycles. The van der Waals surface area contributed by atoms with E-state index >= 15 is 0 Å². The van der Waals surface area contributed by atoms with Gasteiger partial charge in [0.25, 0.3) is 0 Å². The molecule has 0 spiro atoms. The lowest BCUT2D eigenvalue weighted by molar-refractivity contribution is -0.148. The molecule has 4 nitrogen and oxygen atoms in total. The Kier molecular flexibility index (Phi) is 7.77. The first kappa shape index (κ1) is 21.8. The maximum absolute atomic E-state index is 13.4. The largest absolute Gasteiger partial charge is 0.464 e. The van der Waals surface area contributed by atoms with Crippen LogP contribution in [0.4, 0.5) is 0 Å². The molecule has 0 radical (unpaired) electrons. The average molecular weight is 422 g/mol. The van der Waals surface area contributed by atoms with Crippen molar-refractivity contribution in [2.45, 2.75) is 26.1 Å². The minimum absolute atomic E-state index is 0.202. The number of rotatable bonds is 9. The third-order valence-corrected chi connectivity index (χ3v) is 4.96. The molecule has 0 saturated heterocycles. The second kappa shape index (κ2) is 10.7. The number of carbonyl (C=O) groups is 2. The molecule has 0 saturated carbocycles. The lowest BCUT2D eigenvalue weighted by Gasteiger charge is -2.29. The molecule has 0 aromatic heterocycles. The van der Waals surface area contributed by atoms with Crippen LogP contribution < -0.4 is 0 Å². The average Bonchev–Trinajstić information content (AvgIpc) is 2.76. The molecular formula is C25H24ClNO3. The number of halogens is 1. The summed E-state index contributed by atoms with van der Waals surface area (Å²) < 4.78 is 5.30. The number of nitrogens with zero attached hydrogens (tertiary/aromatic N) is 1. The standard InChI is InChI=1S/C25H24ClNO3/c1-2-30-25(29)23(24(28)21-13-15-22(26)16-14-21)27(17-19-9-5-3-6-10-19)18-20-11-7-4-8-12-20/h3-16,23H,2,17-18H2,1H3. The molecule has 0 aliphatic carbocycles. The van der Waals surface area contributed by atoms with Crippen LogP contribution in [0, 0.1) is 0 Å². The number of carbonyl (C=O) groups excluding carboxylic acids is 2. The first-order valence-corrected chi connectivity index (χ1v) is 10.2. The van der Waals surface area contributed by atoms with E-state index in [9.17, 15) is 9.59 Å². The summed E-state index contributed by atoms with van der Waals surface area (Å²) in [7, 11) is 0. The first-order valence-electron chi connectivity index (χ1n) is 9.86. The second-order valence-electron chi connectivity index (χ2n) is 6.90. The van der Waals surface area contributed by atoms with Gasteiger partial charge in [0.15, 0.2) is 11.8 Å². The van der Waals surface area contributed by atoms with E-state index in [-0.39, 0.29) is 12.4 Å². The van der Waals surface area contributed by atoms with E-state index < -0.39 is 12.0 Å². The maximum atomic E-state index is 13.4. The molecule has 0 N–H and O–H groups in total. The molecule has 0 fully saturated rings. The summed E-state index contributed by atoms with van der Waals surface area (Å²) in [6.45, 7) is 2.80. The number of Topliss-reactive ketones (excluding diaryl/α,β-unsaturated/α-hetero) is 1. The Morgan fingerprint density at radius 3 is 1.80 bits per heavy atom. The molecule has 30 heavy (non-hydrogen) atoms. The normalized spacial score (nSPS) is 11.8. The Bertz CT molecular complexity index is 917. The molecule has 3 aromatic carbocycles. The van der Waals surface area contributed by atoms with Crippen LogP contribution in [0.1, 0.15) is 28.4 Å². The smallest absolute Gasteiger partial charge is 0.331 e. The quantitative estimate of drug-likeness (QED) is 0.272. The van der Waals surface area contributed by atoms with Gasteiger partial charge in [-0.05, 0) is 42.3 Å². The Morgan fingerprint density at radius 1 is 0.833 bits per heavy atom. The van der Waals surface area contributed by atoms with Gasteiger partial charge in [-0.3, -0.25) is 9.69 Å². The summed E-state index contributed by atoms with van der Waals surface area (Å²) in [5.74, 6) is -0.860. The van der Waals surface area contributed by atoms with E-state index in [0.29, 0.717) is 23.7 Å². The zero-order valence-corrected chi connectivity index (χ0v) is 17.6. The van der Waals surface area contributed by atoms with E-state index in [1.54, 1.807) is 31.2 Å². The van der Waals surface area contributed by atoms with Crippen LogP contribution in [0.25, 0.3) is 0 Å². The minimum atomic E-state index is -1.06. The fraction of sp³-hybridized carbons (Fsp3) is 0.200.